The summed E-state index contributed by atoms with van der Waals surface area (Å²) in [6.45, 7) is 1.69. The van der Waals surface area contributed by atoms with Gasteiger partial charge in [-0.05, 0) is 49.1 Å². The third-order valence-corrected chi connectivity index (χ3v) is 4.92. The number of rotatable bonds is 4. The van der Waals surface area contributed by atoms with Crippen molar-refractivity contribution < 1.29 is 14.0 Å². The van der Waals surface area contributed by atoms with E-state index in [2.05, 4.69) is 15.3 Å². The van der Waals surface area contributed by atoms with E-state index in [1.165, 1.54) is 24.3 Å². The monoisotopic (exact) mass is 381 g/mol. The van der Waals surface area contributed by atoms with Gasteiger partial charge in [-0.25, -0.2) is 14.4 Å². The van der Waals surface area contributed by atoms with Gasteiger partial charge in [0, 0.05) is 43.8 Å². The molecule has 7 nitrogen and oxygen atoms in total. The van der Waals surface area contributed by atoms with Gasteiger partial charge in [-0.15, -0.1) is 0 Å². The van der Waals surface area contributed by atoms with Crippen LogP contribution in [0.25, 0.3) is 5.78 Å². The molecule has 0 unspecified atom stereocenters. The van der Waals surface area contributed by atoms with Crippen molar-refractivity contribution in [2.75, 3.05) is 19.6 Å². The highest BCUT2D eigenvalue weighted by atomic mass is 19.1. The summed E-state index contributed by atoms with van der Waals surface area (Å²) in [5, 5.41) is 2.88. The number of benzene rings is 1. The van der Waals surface area contributed by atoms with Gasteiger partial charge in [0.05, 0.1) is 0 Å². The van der Waals surface area contributed by atoms with Crippen molar-refractivity contribution in [2.45, 2.75) is 12.8 Å². The van der Waals surface area contributed by atoms with Gasteiger partial charge in [0.25, 0.3) is 11.8 Å². The predicted octanol–water partition coefficient (Wildman–Crippen LogP) is 2.15. The van der Waals surface area contributed by atoms with Crippen molar-refractivity contribution in [3.8, 4) is 0 Å². The number of carbonyl (C=O) groups excluding carboxylic acids is 2. The second-order valence-corrected chi connectivity index (χ2v) is 6.93. The fourth-order valence-electron chi connectivity index (χ4n) is 3.45. The molecule has 3 heterocycles. The first-order chi connectivity index (χ1) is 13.6. The van der Waals surface area contributed by atoms with Crippen molar-refractivity contribution in [3.63, 3.8) is 0 Å². The molecule has 1 aliphatic heterocycles. The van der Waals surface area contributed by atoms with Crippen molar-refractivity contribution in [3.05, 3.63) is 66.0 Å². The summed E-state index contributed by atoms with van der Waals surface area (Å²) in [5.74, 6) is -0.0849. The summed E-state index contributed by atoms with van der Waals surface area (Å²) < 4.78 is 14.7. The molecule has 28 heavy (non-hydrogen) atoms. The minimum atomic E-state index is -0.375. The van der Waals surface area contributed by atoms with Gasteiger partial charge in [-0.1, -0.05) is 0 Å². The lowest BCUT2D eigenvalue weighted by Gasteiger charge is -2.32. The quantitative estimate of drug-likeness (QED) is 0.751. The SMILES string of the molecule is O=C(NC[C@H]1CCCN(C(=O)c2cn3cccnc3n2)C1)c1ccc(F)cc1. The highest BCUT2D eigenvalue weighted by molar-refractivity contribution is 5.94. The molecule has 1 N–H and O–H groups in total. The lowest BCUT2D eigenvalue weighted by atomic mass is 9.97. The fraction of sp³-hybridized carbons (Fsp3) is 0.300. The molecule has 1 aliphatic rings. The zero-order chi connectivity index (χ0) is 19.5. The summed E-state index contributed by atoms with van der Waals surface area (Å²) in [7, 11) is 0. The molecule has 3 aromatic rings. The van der Waals surface area contributed by atoms with Crippen LogP contribution in [0.2, 0.25) is 0 Å². The molecule has 1 saturated heterocycles. The fourth-order valence-corrected chi connectivity index (χ4v) is 3.45. The number of amides is 2. The maximum atomic E-state index is 13.0. The summed E-state index contributed by atoms with van der Waals surface area (Å²) in [6, 6.07) is 7.22. The third-order valence-electron chi connectivity index (χ3n) is 4.92. The topological polar surface area (TPSA) is 79.6 Å². The van der Waals surface area contributed by atoms with E-state index in [0.29, 0.717) is 36.7 Å². The predicted molar refractivity (Wildman–Crippen MR) is 100 cm³/mol. The van der Waals surface area contributed by atoms with Gasteiger partial charge < -0.3 is 10.2 Å². The number of likely N-dealkylation sites (tertiary alicyclic amines) is 1. The van der Waals surface area contributed by atoms with Crippen LogP contribution in [0.1, 0.15) is 33.7 Å². The first kappa shape index (κ1) is 18.1. The smallest absolute Gasteiger partial charge is 0.274 e. The van der Waals surface area contributed by atoms with Crippen LogP contribution in [-0.2, 0) is 0 Å². The van der Waals surface area contributed by atoms with Crippen LogP contribution >= 0.6 is 0 Å². The van der Waals surface area contributed by atoms with Crippen molar-refractivity contribution >= 4 is 17.6 Å². The number of nitrogens with one attached hydrogen (secondary N) is 1. The molecular weight excluding hydrogens is 361 g/mol. The van der Waals surface area contributed by atoms with Crippen molar-refractivity contribution in [2.24, 2.45) is 5.92 Å². The lowest BCUT2D eigenvalue weighted by Crippen LogP contribution is -2.43. The van der Waals surface area contributed by atoms with Gasteiger partial charge in [0.2, 0.25) is 5.78 Å². The van der Waals surface area contributed by atoms with Crippen LogP contribution in [0, 0.1) is 11.7 Å². The molecule has 2 amide bonds. The Morgan fingerprint density at radius 2 is 2.07 bits per heavy atom. The minimum Gasteiger partial charge on any atom is -0.352 e. The number of imidazole rings is 1. The second kappa shape index (κ2) is 7.75. The third kappa shape index (κ3) is 3.85. The molecule has 4 rings (SSSR count). The standard InChI is InChI=1S/C20H20FN5O2/c21-16-6-4-15(5-7-16)18(27)23-11-14-3-1-9-25(12-14)19(28)17-13-26-10-2-8-22-20(26)24-17/h2,4-8,10,13-14H,1,3,9,11-12H2,(H,23,27)/t14-/m1/s1. The molecule has 1 aromatic carbocycles. The van der Waals surface area contributed by atoms with E-state index >= 15 is 0 Å². The number of piperidine rings is 1. The number of aromatic nitrogens is 3. The molecule has 8 heteroatoms. The number of hydrogen-bond acceptors (Lipinski definition) is 4. The number of hydrogen-bond donors (Lipinski definition) is 1. The van der Waals surface area contributed by atoms with Crippen LogP contribution in [-0.4, -0.2) is 50.7 Å². The summed E-state index contributed by atoms with van der Waals surface area (Å²) in [5.41, 5.74) is 0.789. The molecule has 2 aromatic heterocycles. The molecule has 1 fully saturated rings. The summed E-state index contributed by atoms with van der Waals surface area (Å²) >= 11 is 0. The zero-order valence-electron chi connectivity index (χ0n) is 15.2. The second-order valence-electron chi connectivity index (χ2n) is 6.93. The van der Waals surface area contributed by atoms with Crippen molar-refractivity contribution in [1.82, 2.24) is 24.6 Å². The van der Waals surface area contributed by atoms with E-state index in [4.69, 9.17) is 0 Å². The normalized spacial score (nSPS) is 16.9. The van der Waals surface area contributed by atoms with E-state index in [9.17, 15) is 14.0 Å². The Morgan fingerprint density at radius 3 is 2.86 bits per heavy atom. The molecule has 1 atom stereocenters. The number of carbonyl (C=O) groups is 2. The van der Waals surface area contributed by atoms with Crippen LogP contribution in [0.5, 0.6) is 0 Å². The first-order valence-corrected chi connectivity index (χ1v) is 9.23. The molecule has 0 bridgehead atoms. The van der Waals surface area contributed by atoms with Crippen LogP contribution in [0.3, 0.4) is 0 Å². The first-order valence-electron chi connectivity index (χ1n) is 9.23. The highest BCUT2D eigenvalue weighted by Crippen LogP contribution is 2.18. The minimum absolute atomic E-state index is 0.125. The molecule has 0 radical (unpaired) electrons. The number of nitrogens with zero attached hydrogens (tertiary/aromatic N) is 4. The van der Waals surface area contributed by atoms with Gasteiger partial charge in [0.15, 0.2) is 0 Å². The van der Waals surface area contributed by atoms with E-state index in [1.807, 2.05) is 0 Å². The summed E-state index contributed by atoms with van der Waals surface area (Å²) in [4.78, 5) is 35.2. The van der Waals surface area contributed by atoms with E-state index in [1.54, 1.807) is 34.0 Å². The Bertz CT molecular complexity index is 968. The molecular formula is C20H20FN5O2. The van der Waals surface area contributed by atoms with Gasteiger partial charge >= 0.3 is 0 Å². The molecule has 0 aliphatic carbocycles. The van der Waals surface area contributed by atoms with Gasteiger partial charge in [0.1, 0.15) is 11.5 Å². The van der Waals surface area contributed by atoms with Crippen molar-refractivity contribution in [1.29, 1.82) is 0 Å². The molecule has 0 saturated carbocycles. The van der Waals surface area contributed by atoms with Gasteiger partial charge in [-0.2, -0.15) is 0 Å². The summed E-state index contributed by atoms with van der Waals surface area (Å²) in [6.07, 6.45) is 6.92. The van der Waals surface area contributed by atoms with Gasteiger partial charge in [-0.3, -0.25) is 14.0 Å². The van der Waals surface area contributed by atoms with Crippen LogP contribution in [0.15, 0.2) is 48.9 Å². The molecule has 0 spiro atoms. The Morgan fingerprint density at radius 1 is 1.25 bits per heavy atom. The maximum absolute atomic E-state index is 13.0. The number of halogens is 1. The lowest BCUT2D eigenvalue weighted by molar-refractivity contribution is 0.0665. The van der Waals surface area contributed by atoms with Crippen LogP contribution in [0.4, 0.5) is 4.39 Å². The Kier molecular flexibility index (Phi) is 5.01. The average Bonchev–Trinajstić information content (AvgIpc) is 3.16. The highest BCUT2D eigenvalue weighted by Gasteiger charge is 2.26. The average molecular weight is 381 g/mol. The Hall–Kier alpha value is -3.29. The zero-order valence-corrected chi connectivity index (χ0v) is 15.2. The largest absolute Gasteiger partial charge is 0.352 e. The van der Waals surface area contributed by atoms with E-state index < -0.39 is 0 Å². The Balaban J connectivity index is 1.36. The van der Waals surface area contributed by atoms with Crippen LogP contribution < -0.4 is 5.32 Å². The maximum Gasteiger partial charge on any atom is 0.274 e. The Labute approximate surface area is 161 Å². The molecule has 144 valence electrons. The van der Waals surface area contributed by atoms with E-state index in [-0.39, 0.29) is 23.5 Å². The number of fused-ring (bicyclic) bond motifs is 1. The van der Waals surface area contributed by atoms with E-state index in [0.717, 1.165) is 12.8 Å².